The van der Waals surface area contributed by atoms with Gasteiger partial charge in [0.05, 0.1) is 0 Å². The minimum absolute atomic E-state index is 0.240. The van der Waals surface area contributed by atoms with Gasteiger partial charge in [0.1, 0.15) is 0 Å². The van der Waals surface area contributed by atoms with E-state index in [-0.39, 0.29) is 5.41 Å². The van der Waals surface area contributed by atoms with Gasteiger partial charge in [0.25, 0.3) is 0 Å². The summed E-state index contributed by atoms with van der Waals surface area (Å²) in [6.07, 6.45) is 7.24. The number of nitrogens with one attached hydrogen (secondary N) is 1. The average molecular weight is 203 g/mol. The second-order valence-electron chi connectivity index (χ2n) is 4.75. The van der Waals surface area contributed by atoms with Crippen LogP contribution in [0.15, 0.2) is 18.5 Å². The Morgan fingerprint density at radius 1 is 1.40 bits per heavy atom. The molecule has 0 saturated carbocycles. The molecule has 1 aliphatic heterocycles. The number of nitrogens with two attached hydrogens (primary N) is 1. The number of aromatic nitrogens is 1. The van der Waals surface area contributed by atoms with Crippen molar-refractivity contribution in [3.05, 3.63) is 29.6 Å². The smallest absolute Gasteiger partial charge is 0.0303 e. The van der Waals surface area contributed by atoms with E-state index in [1.807, 2.05) is 12.4 Å². The molecule has 1 aliphatic carbocycles. The molecular formula is C12H17N3. The zero-order valence-electron chi connectivity index (χ0n) is 8.87. The summed E-state index contributed by atoms with van der Waals surface area (Å²) in [6.45, 7) is 2.19. The summed E-state index contributed by atoms with van der Waals surface area (Å²) in [6, 6.07) is 2.46. The van der Waals surface area contributed by atoms with E-state index in [0.29, 0.717) is 6.04 Å². The quantitative estimate of drug-likeness (QED) is 0.648. The van der Waals surface area contributed by atoms with Gasteiger partial charge in [0.15, 0.2) is 0 Å². The fourth-order valence-corrected chi connectivity index (χ4v) is 3.22. The van der Waals surface area contributed by atoms with Crippen LogP contribution in [0.5, 0.6) is 0 Å². The van der Waals surface area contributed by atoms with Crippen LogP contribution < -0.4 is 11.1 Å². The summed E-state index contributed by atoms with van der Waals surface area (Å²) in [5.41, 5.74) is 9.41. The van der Waals surface area contributed by atoms with Crippen LogP contribution in [0.4, 0.5) is 0 Å². The van der Waals surface area contributed by atoms with E-state index in [0.717, 1.165) is 19.5 Å². The van der Waals surface area contributed by atoms with Crippen molar-refractivity contribution >= 4 is 0 Å². The first-order valence-electron chi connectivity index (χ1n) is 5.73. The molecule has 0 radical (unpaired) electrons. The van der Waals surface area contributed by atoms with E-state index in [1.54, 1.807) is 0 Å². The van der Waals surface area contributed by atoms with Crippen molar-refractivity contribution in [1.29, 1.82) is 0 Å². The summed E-state index contributed by atoms with van der Waals surface area (Å²) >= 11 is 0. The highest BCUT2D eigenvalue weighted by atomic mass is 14.9. The molecule has 0 unspecified atom stereocenters. The van der Waals surface area contributed by atoms with Gasteiger partial charge in [-0.2, -0.15) is 0 Å². The van der Waals surface area contributed by atoms with E-state index in [4.69, 9.17) is 5.73 Å². The summed E-state index contributed by atoms with van der Waals surface area (Å²) < 4.78 is 0. The SMILES string of the molecule is N[C@@H]1Cc2cnccc2C12CCNCC2. The zero-order valence-corrected chi connectivity index (χ0v) is 8.87. The van der Waals surface area contributed by atoms with E-state index in [2.05, 4.69) is 16.4 Å². The van der Waals surface area contributed by atoms with Gasteiger partial charge in [0, 0.05) is 23.9 Å². The Bertz CT molecular complexity index is 369. The van der Waals surface area contributed by atoms with Gasteiger partial charge >= 0.3 is 0 Å². The molecule has 1 atom stereocenters. The molecule has 3 nitrogen and oxygen atoms in total. The Balaban J connectivity index is 2.07. The van der Waals surface area contributed by atoms with Gasteiger partial charge in [0.2, 0.25) is 0 Å². The number of fused-ring (bicyclic) bond motifs is 2. The zero-order chi connectivity index (χ0) is 10.3. The molecule has 2 heterocycles. The van der Waals surface area contributed by atoms with Crippen molar-refractivity contribution in [3.63, 3.8) is 0 Å². The molecule has 3 heteroatoms. The Kier molecular flexibility index (Phi) is 2.04. The fraction of sp³-hybridized carbons (Fsp3) is 0.583. The topological polar surface area (TPSA) is 50.9 Å². The molecule has 3 N–H and O–H groups in total. The molecule has 0 aromatic carbocycles. The highest BCUT2D eigenvalue weighted by molar-refractivity contribution is 5.41. The number of rotatable bonds is 0. The number of piperidine rings is 1. The Morgan fingerprint density at radius 2 is 2.20 bits per heavy atom. The molecule has 1 aromatic heterocycles. The minimum atomic E-state index is 0.240. The second-order valence-corrected chi connectivity index (χ2v) is 4.75. The van der Waals surface area contributed by atoms with Crippen molar-refractivity contribution in [2.45, 2.75) is 30.7 Å². The van der Waals surface area contributed by atoms with Gasteiger partial charge in [-0.15, -0.1) is 0 Å². The average Bonchev–Trinajstić information content (AvgIpc) is 2.55. The van der Waals surface area contributed by atoms with Gasteiger partial charge in [-0.3, -0.25) is 4.98 Å². The number of pyridine rings is 1. The lowest BCUT2D eigenvalue weighted by Gasteiger charge is -2.38. The van der Waals surface area contributed by atoms with Crippen LogP contribution in [0.2, 0.25) is 0 Å². The normalized spacial score (nSPS) is 27.9. The molecule has 1 saturated heterocycles. The van der Waals surface area contributed by atoms with Crippen LogP contribution in [0.1, 0.15) is 24.0 Å². The predicted octanol–water partition coefficient (Wildman–Crippen LogP) is 0.586. The molecule has 0 bridgehead atoms. The maximum Gasteiger partial charge on any atom is 0.0303 e. The first-order chi connectivity index (χ1) is 7.33. The number of hydrogen-bond acceptors (Lipinski definition) is 3. The summed E-state index contributed by atoms with van der Waals surface area (Å²) in [4.78, 5) is 4.20. The third-order valence-corrected chi connectivity index (χ3v) is 4.09. The molecule has 80 valence electrons. The maximum atomic E-state index is 6.34. The van der Waals surface area contributed by atoms with Crippen LogP contribution in [0.25, 0.3) is 0 Å². The van der Waals surface area contributed by atoms with Crippen LogP contribution in [-0.4, -0.2) is 24.1 Å². The summed E-state index contributed by atoms with van der Waals surface area (Å²) in [5, 5.41) is 3.42. The molecule has 1 spiro atoms. The standard InChI is InChI=1S/C12H17N3/c13-11-7-9-8-15-4-1-10(9)12(11)2-5-14-6-3-12/h1,4,8,11,14H,2-3,5-7,13H2/t11-/m1/s1. The van der Waals surface area contributed by atoms with Gasteiger partial charge < -0.3 is 11.1 Å². The summed E-state index contributed by atoms with van der Waals surface area (Å²) in [5.74, 6) is 0. The molecule has 1 aromatic rings. The van der Waals surface area contributed by atoms with Gasteiger partial charge in [-0.25, -0.2) is 0 Å². The van der Waals surface area contributed by atoms with E-state index in [9.17, 15) is 0 Å². The third kappa shape index (κ3) is 1.23. The van der Waals surface area contributed by atoms with Crippen LogP contribution in [0, 0.1) is 0 Å². The Labute approximate surface area is 90.1 Å². The number of hydrogen-bond donors (Lipinski definition) is 2. The minimum Gasteiger partial charge on any atom is -0.327 e. The molecule has 0 amide bonds. The second kappa shape index (κ2) is 3.29. The van der Waals surface area contributed by atoms with Crippen LogP contribution >= 0.6 is 0 Å². The molecule has 3 rings (SSSR count). The summed E-state index contributed by atoms with van der Waals surface area (Å²) in [7, 11) is 0. The monoisotopic (exact) mass is 203 g/mol. The maximum absolute atomic E-state index is 6.34. The fourth-order valence-electron chi connectivity index (χ4n) is 3.22. The first kappa shape index (κ1) is 9.31. The molecule has 2 aliphatic rings. The van der Waals surface area contributed by atoms with E-state index < -0.39 is 0 Å². The number of nitrogens with zero attached hydrogens (tertiary/aromatic N) is 1. The predicted molar refractivity (Wildman–Crippen MR) is 59.7 cm³/mol. The molecule has 15 heavy (non-hydrogen) atoms. The third-order valence-electron chi connectivity index (χ3n) is 4.09. The first-order valence-corrected chi connectivity index (χ1v) is 5.73. The molecular weight excluding hydrogens is 186 g/mol. The molecule has 1 fully saturated rings. The van der Waals surface area contributed by atoms with Gasteiger partial charge in [-0.05, 0) is 49.5 Å². The lowest BCUT2D eigenvalue weighted by Crippen LogP contribution is -2.49. The Morgan fingerprint density at radius 3 is 3.00 bits per heavy atom. The van der Waals surface area contributed by atoms with Crippen molar-refractivity contribution in [2.24, 2.45) is 5.73 Å². The van der Waals surface area contributed by atoms with E-state index in [1.165, 1.54) is 24.0 Å². The Hall–Kier alpha value is -0.930. The van der Waals surface area contributed by atoms with Gasteiger partial charge in [-0.1, -0.05) is 0 Å². The van der Waals surface area contributed by atoms with Crippen molar-refractivity contribution in [1.82, 2.24) is 10.3 Å². The lowest BCUT2D eigenvalue weighted by atomic mass is 9.72. The van der Waals surface area contributed by atoms with Crippen LogP contribution in [0.3, 0.4) is 0 Å². The highest BCUT2D eigenvalue weighted by Gasteiger charge is 2.45. The lowest BCUT2D eigenvalue weighted by molar-refractivity contribution is 0.273. The van der Waals surface area contributed by atoms with Crippen molar-refractivity contribution < 1.29 is 0 Å². The van der Waals surface area contributed by atoms with Crippen molar-refractivity contribution in [3.8, 4) is 0 Å². The van der Waals surface area contributed by atoms with E-state index >= 15 is 0 Å². The van der Waals surface area contributed by atoms with Crippen molar-refractivity contribution in [2.75, 3.05) is 13.1 Å². The largest absolute Gasteiger partial charge is 0.327 e. The highest BCUT2D eigenvalue weighted by Crippen LogP contribution is 2.43. The van der Waals surface area contributed by atoms with Crippen LogP contribution in [-0.2, 0) is 11.8 Å².